The summed E-state index contributed by atoms with van der Waals surface area (Å²) in [7, 11) is 1.70. The first-order valence-corrected chi connectivity index (χ1v) is 16.7. The van der Waals surface area contributed by atoms with Gasteiger partial charge in [-0.25, -0.2) is 0 Å². The van der Waals surface area contributed by atoms with Gasteiger partial charge in [0.25, 0.3) is 5.91 Å². The van der Waals surface area contributed by atoms with Crippen LogP contribution in [0.1, 0.15) is 67.1 Å². The van der Waals surface area contributed by atoms with E-state index in [0.29, 0.717) is 30.9 Å². The zero-order valence-corrected chi connectivity index (χ0v) is 27.4. The van der Waals surface area contributed by atoms with Gasteiger partial charge in [-0.15, -0.1) is 0 Å². The minimum Gasteiger partial charge on any atom is -0.344 e. The van der Waals surface area contributed by atoms with Crippen molar-refractivity contribution in [1.82, 2.24) is 35.2 Å². The number of carbonyl (C=O) groups is 4. The molecule has 3 N–H and O–H groups in total. The highest BCUT2D eigenvalue weighted by atomic mass is 16.2. The lowest BCUT2D eigenvalue weighted by Crippen LogP contribution is -2.55. The fourth-order valence-corrected chi connectivity index (χ4v) is 6.45. The van der Waals surface area contributed by atoms with Gasteiger partial charge in [0.05, 0.1) is 0 Å². The van der Waals surface area contributed by atoms with Crippen molar-refractivity contribution < 1.29 is 19.2 Å². The predicted molar refractivity (Wildman–Crippen MR) is 178 cm³/mol. The summed E-state index contributed by atoms with van der Waals surface area (Å²) in [6.45, 7) is 5.26. The van der Waals surface area contributed by atoms with Gasteiger partial charge >= 0.3 is 0 Å². The molecule has 2 aliphatic rings. The molecule has 1 saturated carbocycles. The molecule has 2 aromatic heterocycles. The molecule has 12 heteroatoms. The number of carbonyl (C=O) groups excluding carboxylic acids is 4. The van der Waals surface area contributed by atoms with Gasteiger partial charge in [-0.3, -0.25) is 33.7 Å². The summed E-state index contributed by atoms with van der Waals surface area (Å²) in [5, 5.41) is 13.0. The van der Waals surface area contributed by atoms with Gasteiger partial charge in [0, 0.05) is 76.9 Å². The van der Waals surface area contributed by atoms with Crippen molar-refractivity contribution in [2.75, 3.05) is 31.5 Å². The minimum atomic E-state index is -0.687. The first-order valence-electron chi connectivity index (χ1n) is 16.7. The van der Waals surface area contributed by atoms with Crippen LogP contribution in [0, 0.1) is 5.92 Å². The summed E-state index contributed by atoms with van der Waals surface area (Å²) in [5.41, 5.74) is 3.04. The molecule has 3 aromatic rings. The van der Waals surface area contributed by atoms with Crippen molar-refractivity contribution >= 4 is 29.3 Å². The highest BCUT2D eigenvalue weighted by Crippen LogP contribution is 2.27. The molecule has 5 rings (SSSR count). The summed E-state index contributed by atoms with van der Waals surface area (Å²) >= 11 is 0. The van der Waals surface area contributed by atoms with E-state index in [1.54, 1.807) is 50.8 Å². The molecule has 1 aliphatic carbocycles. The number of amides is 4. The number of anilines is 1. The maximum absolute atomic E-state index is 13.6. The third kappa shape index (κ3) is 9.25. The molecule has 1 saturated heterocycles. The van der Waals surface area contributed by atoms with E-state index in [1.165, 1.54) is 10.2 Å². The summed E-state index contributed by atoms with van der Waals surface area (Å²) in [6.07, 6.45) is 10.7. The fourth-order valence-electron chi connectivity index (χ4n) is 6.45. The van der Waals surface area contributed by atoms with Gasteiger partial charge in [-0.05, 0) is 60.2 Å². The molecular weight excluding hydrogens is 596 g/mol. The highest BCUT2D eigenvalue weighted by Gasteiger charge is 2.32. The van der Waals surface area contributed by atoms with Gasteiger partial charge < -0.3 is 20.9 Å². The van der Waals surface area contributed by atoms with Crippen molar-refractivity contribution in [2.24, 2.45) is 13.0 Å². The number of aryl methyl sites for hydroxylation is 1. The van der Waals surface area contributed by atoms with E-state index in [1.807, 2.05) is 29.2 Å². The Bertz CT molecular complexity index is 1500. The smallest absolute Gasteiger partial charge is 0.270 e. The molecule has 2 atom stereocenters. The number of piperazine rings is 1. The second-order valence-corrected chi connectivity index (χ2v) is 12.5. The Hall–Kier alpha value is -4.58. The van der Waals surface area contributed by atoms with Crippen LogP contribution in [0.4, 0.5) is 5.69 Å². The maximum atomic E-state index is 13.6. The quantitative estimate of drug-likeness (QED) is 0.276. The van der Waals surface area contributed by atoms with Crippen LogP contribution in [0.3, 0.4) is 0 Å². The molecule has 1 aromatic carbocycles. The molecule has 0 spiro atoms. The molecule has 4 amide bonds. The van der Waals surface area contributed by atoms with E-state index >= 15 is 0 Å². The Morgan fingerprint density at radius 2 is 1.55 bits per heavy atom. The van der Waals surface area contributed by atoms with Crippen LogP contribution in [-0.2, 0) is 34.4 Å². The average molecular weight is 643 g/mol. The Morgan fingerprint density at radius 3 is 2.19 bits per heavy atom. The number of rotatable bonds is 12. The Morgan fingerprint density at radius 1 is 0.851 bits per heavy atom. The maximum Gasteiger partial charge on any atom is 0.270 e. The van der Waals surface area contributed by atoms with Crippen LogP contribution in [0.2, 0.25) is 0 Å². The van der Waals surface area contributed by atoms with Crippen molar-refractivity contribution in [3.8, 4) is 0 Å². The molecule has 12 nitrogen and oxygen atoms in total. The first-order chi connectivity index (χ1) is 22.8. The fraction of sp³-hybridized carbons (Fsp3) is 0.486. The molecule has 47 heavy (non-hydrogen) atoms. The number of pyridine rings is 1. The molecule has 250 valence electrons. The van der Waals surface area contributed by atoms with Crippen LogP contribution < -0.4 is 16.0 Å². The SMILES string of the molecule is CCC(=O)N[C@H](Cc1ccc(NC(=O)[C@@H](NC(=O)c2ccnn2C)C2CCCCC2)cc1)C(=O)N1CCN(Cc2ccncc2)CC1. The van der Waals surface area contributed by atoms with E-state index in [2.05, 4.69) is 30.9 Å². The normalized spacial score (nSPS) is 17.0. The van der Waals surface area contributed by atoms with Crippen molar-refractivity contribution in [1.29, 1.82) is 0 Å². The van der Waals surface area contributed by atoms with Crippen LogP contribution >= 0.6 is 0 Å². The Kier molecular flexibility index (Phi) is 11.7. The second-order valence-electron chi connectivity index (χ2n) is 12.5. The van der Waals surface area contributed by atoms with E-state index in [4.69, 9.17) is 0 Å². The monoisotopic (exact) mass is 642 g/mol. The number of benzene rings is 1. The number of hydrogen-bond acceptors (Lipinski definition) is 7. The molecule has 0 unspecified atom stereocenters. The van der Waals surface area contributed by atoms with E-state index < -0.39 is 12.1 Å². The third-order valence-corrected chi connectivity index (χ3v) is 9.20. The summed E-state index contributed by atoms with van der Waals surface area (Å²) < 4.78 is 1.49. The molecule has 3 heterocycles. The van der Waals surface area contributed by atoms with E-state index in [9.17, 15) is 19.2 Å². The molecule has 0 bridgehead atoms. The zero-order valence-electron chi connectivity index (χ0n) is 27.4. The van der Waals surface area contributed by atoms with Crippen molar-refractivity contribution in [2.45, 2.75) is 70.5 Å². The van der Waals surface area contributed by atoms with Gasteiger partial charge in [0.1, 0.15) is 17.8 Å². The van der Waals surface area contributed by atoms with Crippen molar-refractivity contribution in [3.05, 3.63) is 77.9 Å². The molecule has 0 radical (unpaired) electrons. The summed E-state index contributed by atoms with van der Waals surface area (Å²) in [4.78, 5) is 60.9. The van der Waals surface area contributed by atoms with Gasteiger partial charge in [-0.1, -0.05) is 38.3 Å². The standard InChI is InChI=1S/C35H46N8O4/c1-3-31(44)39-29(35(47)43-21-19-42(20-22-43)24-26-13-16-36-17-14-26)23-25-9-11-28(12-10-25)38-34(46)32(27-7-5-4-6-8-27)40-33(45)30-15-18-37-41(30)2/h9-18,27,29,32H,3-8,19-24H2,1-2H3,(H,38,46)(H,39,44)(H,40,45)/t29-,32+/m1/s1. The van der Waals surface area contributed by atoms with Gasteiger partial charge in [0.15, 0.2) is 0 Å². The molecular formula is C35H46N8O4. The summed E-state index contributed by atoms with van der Waals surface area (Å²) in [5.74, 6) is -0.804. The third-order valence-electron chi connectivity index (χ3n) is 9.20. The predicted octanol–water partition coefficient (Wildman–Crippen LogP) is 2.91. The lowest BCUT2D eigenvalue weighted by atomic mass is 9.83. The second kappa shape index (κ2) is 16.3. The first kappa shape index (κ1) is 33.8. The van der Waals surface area contributed by atoms with E-state index in [-0.39, 0.29) is 36.0 Å². The molecule has 1 aliphatic heterocycles. The number of nitrogens with zero attached hydrogens (tertiary/aromatic N) is 5. The Labute approximate surface area is 276 Å². The van der Waals surface area contributed by atoms with Crippen LogP contribution in [0.25, 0.3) is 0 Å². The van der Waals surface area contributed by atoms with E-state index in [0.717, 1.165) is 57.3 Å². The zero-order chi connectivity index (χ0) is 33.2. The van der Waals surface area contributed by atoms with Crippen LogP contribution in [0.15, 0.2) is 61.1 Å². The highest BCUT2D eigenvalue weighted by molar-refractivity contribution is 6.00. The largest absolute Gasteiger partial charge is 0.344 e. The minimum absolute atomic E-state index is 0.0478. The van der Waals surface area contributed by atoms with Crippen molar-refractivity contribution in [3.63, 3.8) is 0 Å². The Balaban J connectivity index is 1.20. The van der Waals surface area contributed by atoms with Crippen LogP contribution in [0.5, 0.6) is 0 Å². The average Bonchev–Trinajstić information content (AvgIpc) is 3.54. The van der Waals surface area contributed by atoms with Gasteiger partial charge in [-0.2, -0.15) is 5.10 Å². The molecule has 2 fully saturated rings. The topological polar surface area (TPSA) is 142 Å². The summed E-state index contributed by atoms with van der Waals surface area (Å²) in [6, 6.07) is 11.6. The van der Waals surface area contributed by atoms with Gasteiger partial charge in [0.2, 0.25) is 17.7 Å². The lowest BCUT2D eigenvalue weighted by Gasteiger charge is -2.36. The number of nitrogens with one attached hydrogen (secondary N) is 3. The number of hydrogen-bond donors (Lipinski definition) is 3. The lowest BCUT2D eigenvalue weighted by molar-refractivity contribution is -0.138. The number of aromatic nitrogens is 3. The van der Waals surface area contributed by atoms with Crippen LogP contribution in [-0.4, -0.2) is 86.5 Å².